The van der Waals surface area contributed by atoms with Crippen LogP contribution in [0.1, 0.15) is 44.6 Å². The first-order valence-corrected chi connectivity index (χ1v) is 8.55. The van der Waals surface area contributed by atoms with E-state index in [1.165, 1.54) is 18.4 Å². The Kier molecular flexibility index (Phi) is 6.17. The Morgan fingerprint density at radius 2 is 2.04 bits per heavy atom. The summed E-state index contributed by atoms with van der Waals surface area (Å²) >= 11 is 0. The number of rotatable bonds is 3. The highest BCUT2D eigenvalue weighted by atomic mass is 35.5. The Labute approximate surface area is 145 Å². The lowest BCUT2D eigenvalue weighted by molar-refractivity contribution is -0.120. The topological polar surface area (TPSA) is 58.4 Å². The van der Waals surface area contributed by atoms with E-state index in [1.807, 2.05) is 12.1 Å². The number of nitrogens with two attached hydrogens (primary N) is 1. The number of nitrogens with zero attached hydrogens (tertiary/aromatic N) is 1. The molecule has 1 heterocycles. The van der Waals surface area contributed by atoms with Crippen molar-refractivity contribution in [2.75, 3.05) is 23.7 Å². The number of hydrogen-bond donors (Lipinski definition) is 2. The van der Waals surface area contributed by atoms with Gasteiger partial charge in [-0.3, -0.25) is 4.79 Å². The minimum Gasteiger partial charge on any atom is -0.398 e. The maximum Gasteiger partial charge on any atom is 0.239 e. The van der Waals surface area contributed by atoms with E-state index in [2.05, 4.69) is 23.2 Å². The fourth-order valence-corrected chi connectivity index (χ4v) is 3.74. The number of halogens is 1. The van der Waals surface area contributed by atoms with Gasteiger partial charge < -0.3 is 16.0 Å². The number of nitrogen functional groups attached to an aromatic ring is 1. The second-order valence-electron chi connectivity index (χ2n) is 6.89. The van der Waals surface area contributed by atoms with Gasteiger partial charge >= 0.3 is 0 Å². The van der Waals surface area contributed by atoms with E-state index >= 15 is 0 Å². The predicted octanol–water partition coefficient (Wildman–Crippen LogP) is 3.14. The van der Waals surface area contributed by atoms with Gasteiger partial charge in [-0.2, -0.15) is 0 Å². The summed E-state index contributed by atoms with van der Waals surface area (Å²) in [6.07, 6.45) is 6.78. The van der Waals surface area contributed by atoms with Crippen LogP contribution < -0.4 is 16.0 Å². The van der Waals surface area contributed by atoms with Crippen molar-refractivity contribution in [3.8, 4) is 0 Å². The molecule has 2 aliphatic rings. The molecule has 1 aromatic carbocycles. The second kappa shape index (κ2) is 7.91. The van der Waals surface area contributed by atoms with Crippen LogP contribution in [0.4, 0.5) is 11.4 Å². The third kappa shape index (κ3) is 4.31. The van der Waals surface area contributed by atoms with Gasteiger partial charge in [0.25, 0.3) is 0 Å². The van der Waals surface area contributed by atoms with Crippen molar-refractivity contribution in [1.29, 1.82) is 0 Å². The average Bonchev–Trinajstić information content (AvgIpc) is 2.51. The minimum absolute atomic E-state index is 0. The summed E-state index contributed by atoms with van der Waals surface area (Å²) < 4.78 is 0. The first-order valence-electron chi connectivity index (χ1n) is 8.55. The van der Waals surface area contributed by atoms with Crippen molar-refractivity contribution in [2.45, 2.75) is 51.5 Å². The Morgan fingerprint density at radius 1 is 1.30 bits per heavy atom. The van der Waals surface area contributed by atoms with Gasteiger partial charge in [0.1, 0.15) is 0 Å². The molecule has 0 saturated heterocycles. The SMILES string of the molecule is CC1CCC(NC(=O)CN2CCCc3c(N)cccc32)CC1.Cl. The molecule has 3 N–H and O–H groups in total. The summed E-state index contributed by atoms with van der Waals surface area (Å²) in [5.74, 6) is 0.958. The monoisotopic (exact) mass is 337 g/mol. The van der Waals surface area contributed by atoms with E-state index in [1.54, 1.807) is 0 Å². The Balaban J connectivity index is 0.00000192. The van der Waals surface area contributed by atoms with Gasteiger partial charge in [0, 0.05) is 24.0 Å². The Bertz CT molecular complexity index is 541. The fraction of sp³-hybridized carbons (Fsp3) is 0.611. The number of carbonyl (C=O) groups excluding carboxylic acids is 1. The van der Waals surface area contributed by atoms with E-state index in [4.69, 9.17) is 5.73 Å². The van der Waals surface area contributed by atoms with Crippen LogP contribution >= 0.6 is 12.4 Å². The van der Waals surface area contributed by atoms with Gasteiger partial charge in [0.15, 0.2) is 0 Å². The molecule has 1 amide bonds. The molecule has 1 aromatic rings. The zero-order valence-electron chi connectivity index (χ0n) is 13.9. The van der Waals surface area contributed by atoms with Gasteiger partial charge in [-0.15, -0.1) is 12.4 Å². The largest absolute Gasteiger partial charge is 0.398 e. The van der Waals surface area contributed by atoms with E-state index in [0.29, 0.717) is 12.6 Å². The van der Waals surface area contributed by atoms with Gasteiger partial charge in [0.05, 0.1) is 6.54 Å². The van der Waals surface area contributed by atoms with Crippen molar-refractivity contribution in [3.63, 3.8) is 0 Å². The second-order valence-corrected chi connectivity index (χ2v) is 6.89. The molecule has 23 heavy (non-hydrogen) atoms. The zero-order valence-corrected chi connectivity index (χ0v) is 14.7. The molecule has 0 atom stereocenters. The number of nitrogens with one attached hydrogen (secondary N) is 1. The van der Waals surface area contributed by atoms with Crippen LogP contribution in [-0.4, -0.2) is 25.0 Å². The highest BCUT2D eigenvalue weighted by molar-refractivity contribution is 5.85. The van der Waals surface area contributed by atoms with Crippen LogP contribution in [0.15, 0.2) is 18.2 Å². The van der Waals surface area contributed by atoms with Crippen molar-refractivity contribution in [2.24, 2.45) is 5.92 Å². The zero-order chi connectivity index (χ0) is 15.5. The summed E-state index contributed by atoms with van der Waals surface area (Å²) in [6, 6.07) is 6.38. The van der Waals surface area contributed by atoms with E-state index < -0.39 is 0 Å². The molecule has 1 aliphatic heterocycles. The normalized spacial score (nSPS) is 23.6. The van der Waals surface area contributed by atoms with Crippen LogP contribution in [0.2, 0.25) is 0 Å². The molecule has 1 saturated carbocycles. The lowest BCUT2D eigenvalue weighted by Crippen LogP contribution is -2.44. The van der Waals surface area contributed by atoms with Crippen LogP contribution in [0.5, 0.6) is 0 Å². The minimum atomic E-state index is 0. The number of hydrogen-bond acceptors (Lipinski definition) is 3. The van der Waals surface area contributed by atoms with Crippen molar-refractivity contribution >= 4 is 29.7 Å². The molecule has 1 aliphatic carbocycles. The summed E-state index contributed by atoms with van der Waals surface area (Å²) in [7, 11) is 0. The molecule has 3 rings (SSSR count). The fourth-order valence-electron chi connectivity index (χ4n) is 3.74. The first kappa shape index (κ1) is 17.9. The molecular formula is C18H28ClN3O. The smallest absolute Gasteiger partial charge is 0.239 e. The Hall–Kier alpha value is -1.42. The number of carbonyl (C=O) groups is 1. The number of amides is 1. The van der Waals surface area contributed by atoms with Crippen molar-refractivity contribution in [3.05, 3.63) is 23.8 Å². The third-order valence-electron chi connectivity index (χ3n) is 5.10. The van der Waals surface area contributed by atoms with Gasteiger partial charge in [-0.05, 0) is 62.1 Å². The van der Waals surface area contributed by atoms with Crippen molar-refractivity contribution < 1.29 is 4.79 Å². The lowest BCUT2D eigenvalue weighted by Gasteiger charge is -2.33. The van der Waals surface area contributed by atoms with Crippen LogP contribution in [-0.2, 0) is 11.2 Å². The van der Waals surface area contributed by atoms with Crippen LogP contribution in [0, 0.1) is 5.92 Å². The number of benzene rings is 1. The number of anilines is 2. The maximum absolute atomic E-state index is 12.4. The molecular weight excluding hydrogens is 310 g/mol. The standard InChI is InChI=1S/C18H27N3O.ClH/c1-13-7-9-14(10-8-13)20-18(22)12-21-11-3-4-15-16(19)5-2-6-17(15)21;/h2,5-6,13-14H,3-4,7-12,19H2,1H3,(H,20,22);1H. The van der Waals surface area contributed by atoms with E-state index in [9.17, 15) is 4.79 Å². The molecule has 5 heteroatoms. The van der Waals surface area contributed by atoms with E-state index in [0.717, 1.165) is 49.5 Å². The highest BCUT2D eigenvalue weighted by Gasteiger charge is 2.23. The predicted molar refractivity (Wildman–Crippen MR) is 98.2 cm³/mol. The molecule has 4 nitrogen and oxygen atoms in total. The quantitative estimate of drug-likeness (QED) is 0.833. The van der Waals surface area contributed by atoms with E-state index in [-0.39, 0.29) is 18.3 Å². The Morgan fingerprint density at radius 3 is 2.78 bits per heavy atom. The lowest BCUT2D eigenvalue weighted by atomic mass is 9.87. The van der Waals surface area contributed by atoms with Gasteiger partial charge in [0.2, 0.25) is 5.91 Å². The van der Waals surface area contributed by atoms with Gasteiger partial charge in [-0.1, -0.05) is 13.0 Å². The number of fused-ring (bicyclic) bond motifs is 1. The summed E-state index contributed by atoms with van der Waals surface area (Å²) in [6.45, 7) is 3.68. The highest BCUT2D eigenvalue weighted by Crippen LogP contribution is 2.31. The molecule has 1 fully saturated rings. The van der Waals surface area contributed by atoms with Crippen LogP contribution in [0.3, 0.4) is 0 Å². The summed E-state index contributed by atoms with van der Waals surface area (Å²) in [4.78, 5) is 14.5. The molecule has 128 valence electrons. The van der Waals surface area contributed by atoms with Crippen LogP contribution in [0.25, 0.3) is 0 Å². The van der Waals surface area contributed by atoms with Crippen molar-refractivity contribution in [1.82, 2.24) is 5.32 Å². The van der Waals surface area contributed by atoms with Gasteiger partial charge in [-0.25, -0.2) is 0 Å². The molecule has 0 radical (unpaired) electrons. The molecule has 0 aromatic heterocycles. The molecule has 0 bridgehead atoms. The third-order valence-corrected chi connectivity index (χ3v) is 5.10. The summed E-state index contributed by atoms with van der Waals surface area (Å²) in [5.41, 5.74) is 9.26. The summed E-state index contributed by atoms with van der Waals surface area (Å²) in [5, 5.41) is 3.22. The molecule has 0 unspecified atom stereocenters. The molecule has 0 spiro atoms. The average molecular weight is 338 g/mol. The first-order chi connectivity index (χ1) is 10.6. The maximum atomic E-state index is 12.4.